The molecule has 1 aliphatic heterocycles. The lowest BCUT2D eigenvalue weighted by atomic mass is 9.95. The van der Waals surface area contributed by atoms with Crippen LogP contribution in [0.15, 0.2) is 42.7 Å². The molecule has 1 radical (unpaired) electrons. The predicted octanol–water partition coefficient (Wildman–Crippen LogP) is 7.06. The zero-order chi connectivity index (χ0) is 34.3. The molecule has 0 aliphatic carbocycles. The van der Waals surface area contributed by atoms with E-state index in [4.69, 9.17) is 14.2 Å². The van der Waals surface area contributed by atoms with E-state index in [1.807, 2.05) is 4.90 Å². The third kappa shape index (κ3) is 9.53. The van der Waals surface area contributed by atoms with E-state index in [9.17, 15) is 28.4 Å². The second kappa shape index (κ2) is 15.4. The number of carbonyl (C=O) groups excluding carboxylic acids is 2. The lowest BCUT2D eigenvalue weighted by Crippen LogP contribution is -2.60. The molecule has 1 aromatic heterocycles. The Hall–Kier alpha value is -3.47. The van der Waals surface area contributed by atoms with E-state index in [0.717, 1.165) is 16.0 Å². The highest BCUT2D eigenvalue weighted by atomic mass is 31.1. The van der Waals surface area contributed by atoms with Crippen molar-refractivity contribution in [3.8, 4) is 11.1 Å². The standard InChI is InChI=1S/C33H46FN3O8P/c1-8-43-27-33(28(38)39,15-9-10-18-37(29(40)44-31(2,3)4)30(41)45-32(5,6)7)46(42)20-19-36(27)22-24-11-12-25(34)21-26(24)23-13-16-35-17-14-23/h11-14,16-17,21,27H,8-10,15,18-20,22H2,1-7H3,(H,38,39)/t27?,33-/m0/s1. The summed E-state index contributed by atoms with van der Waals surface area (Å²) in [4.78, 5) is 45.6. The van der Waals surface area contributed by atoms with Crippen molar-refractivity contribution in [2.75, 3.05) is 25.9 Å². The van der Waals surface area contributed by atoms with Crippen molar-refractivity contribution in [1.29, 1.82) is 0 Å². The molecule has 0 spiro atoms. The molecule has 253 valence electrons. The van der Waals surface area contributed by atoms with Crippen molar-refractivity contribution in [2.24, 2.45) is 0 Å². The molecule has 1 aliphatic rings. The van der Waals surface area contributed by atoms with Crippen LogP contribution in [0, 0.1) is 5.82 Å². The van der Waals surface area contributed by atoms with E-state index >= 15 is 0 Å². The van der Waals surface area contributed by atoms with Crippen LogP contribution in [-0.4, -0.2) is 86.5 Å². The van der Waals surface area contributed by atoms with E-state index in [-0.39, 0.29) is 45.1 Å². The number of hydrogen-bond acceptors (Lipinski definition) is 9. The number of aromatic nitrogens is 1. The topological polar surface area (TPSA) is 136 Å². The van der Waals surface area contributed by atoms with E-state index in [0.29, 0.717) is 12.1 Å². The van der Waals surface area contributed by atoms with Crippen molar-refractivity contribution < 1.29 is 42.7 Å². The first kappa shape index (κ1) is 37.0. The van der Waals surface area contributed by atoms with Gasteiger partial charge in [0.05, 0.1) is 7.80 Å². The molecule has 1 fully saturated rings. The number of imide groups is 1. The SMILES string of the molecule is CCOC1N(Cc2ccc(F)cc2-c2ccncc2)CC[P](=O)[C@]1(CCCCN(C(=O)OC(C)(C)C)C(=O)OC(C)(C)C)C(=O)O. The summed E-state index contributed by atoms with van der Waals surface area (Å²) in [6.45, 7) is 12.4. The van der Waals surface area contributed by atoms with Crippen LogP contribution in [0.5, 0.6) is 0 Å². The van der Waals surface area contributed by atoms with Crippen molar-refractivity contribution in [3.05, 3.63) is 54.1 Å². The maximum absolute atomic E-state index is 14.3. The van der Waals surface area contributed by atoms with Crippen LogP contribution in [-0.2, 0) is 30.1 Å². The first-order valence-corrected chi connectivity index (χ1v) is 16.9. The molecule has 3 rings (SSSR count). The highest BCUT2D eigenvalue weighted by Crippen LogP contribution is 2.51. The number of amides is 2. The summed E-state index contributed by atoms with van der Waals surface area (Å²) in [7, 11) is -2.26. The van der Waals surface area contributed by atoms with Gasteiger partial charge in [0.2, 0.25) is 0 Å². The molecule has 3 atom stereocenters. The summed E-state index contributed by atoms with van der Waals surface area (Å²) in [5.41, 5.74) is 0.420. The number of carbonyl (C=O) groups is 3. The molecule has 1 N–H and O–H groups in total. The summed E-state index contributed by atoms with van der Waals surface area (Å²) < 4.78 is 44.9. The van der Waals surface area contributed by atoms with Gasteiger partial charge < -0.3 is 19.3 Å². The second-order valence-corrected chi connectivity index (χ2v) is 15.2. The molecule has 2 aromatic rings. The lowest BCUT2D eigenvalue weighted by molar-refractivity contribution is -0.156. The molecule has 1 aromatic carbocycles. The third-order valence-electron chi connectivity index (χ3n) is 7.32. The Balaban J connectivity index is 1.86. The van der Waals surface area contributed by atoms with E-state index in [1.165, 1.54) is 12.1 Å². The number of benzene rings is 1. The molecule has 11 nitrogen and oxygen atoms in total. The fraction of sp³-hybridized carbons (Fsp3) is 0.576. The molecule has 2 heterocycles. The van der Waals surface area contributed by atoms with Gasteiger partial charge in [0.25, 0.3) is 0 Å². The van der Waals surface area contributed by atoms with Crippen LogP contribution in [0.25, 0.3) is 11.1 Å². The molecule has 1 saturated heterocycles. The predicted molar refractivity (Wildman–Crippen MR) is 171 cm³/mol. The lowest BCUT2D eigenvalue weighted by Gasteiger charge is -2.46. The van der Waals surface area contributed by atoms with Crippen LogP contribution in [0.4, 0.5) is 14.0 Å². The normalized spacial score (nSPS) is 19.8. The second-order valence-electron chi connectivity index (χ2n) is 13.2. The average Bonchev–Trinajstić information content (AvgIpc) is 2.95. The van der Waals surface area contributed by atoms with Gasteiger partial charge in [-0.2, -0.15) is 0 Å². The van der Waals surface area contributed by atoms with Crippen molar-refractivity contribution in [2.45, 2.75) is 96.9 Å². The number of hydrogen-bond donors (Lipinski definition) is 1. The molecule has 0 bridgehead atoms. The van der Waals surface area contributed by atoms with Crippen LogP contribution in [0.3, 0.4) is 0 Å². The molecule has 13 heteroatoms. The van der Waals surface area contributed by atoms with Gasteiger partial charge in [-0.3, -0.25) is 19.2 Å². The average molecular weight is 663 g/mol. The summed E-state index contributed by atoms with van der Waals surface area (Å²) >= 11 is 0. The Kier molecular flexibility index (Phi) is 12.4. The summed E-state index contributed by atoms with van der Waals surface area (Å²) in [6.07, 6.45) is 0.944. The largest absolute Gasteiger partial charge is 0.480 e. The molecular formula is C33H46FN3O8P. The number of pyridine rings is 1. The number of carboxylic acid groups (broad SMARTS) is 1. The van der Waals surface area contributed by atoms with Gasteiger partial charge >= 0.3 is 18.2 Å². The maximum atomic E-state index is 14.3. The minimum atomic E-state index is -2.26. The Labute approximate surface area is 271 Å². The first-order valence-electron chi connectivity index (χ1n) is 15.4. The Morgan fingerprint density at radius 2 is 1.65 bits per heavy atom. The van der Waals surface area contributed by atoms with E-state index in [2.05, 4.69) is 4.98 Å². The van der Waals surface area contributed by atoms with Crippen LogP contribution >= 0.6 is 7.80 Å². The zero-order valence-electron chi connectivity index (χ0n) is 27.7. The number of rotatable bonds is 11. The van der Waals surface area contributed by atoms with Gasteiger partial charge in [-0.1, -0.05) is 6.07 Å². The van der Waals surface area contributed by atoms with Crippen molar-refractivity contribution in [1.82, 2.24) is 14.8 Å². The molecule has 46 heavy (non-hydrogen) atoms. The smallest absolute Gasteiger partial charge is 0.419 e. The number of halogens is 1. The van der Waals surface area contributed by atoms with Crippen LogP contribution in [0.2, 0.25) is 0 Å². The summed E-state index contributed by atoms with van der Waals surface area (Å²) in [5, 5.41) is 8.88. The van der Waals surface area contributed by atoms with Gasteiger partial charge in [0, 0.05) is 44.8 Å². The third-order valence-corrected chi connectivity index (χ3v) is 9.46. The van der Waals surface area contributed by atoms with Gasteiger partial charge in [0.15, 0.2) is 5.16 Å². The molecular weight excluding hydrogens is 616 g/mol. The van der Waals surface area contributed by atoms with E-state index < -0.39 is 54.4 Å². The minimum Gasteiger partial charge on any atom is -0.480 e. The van der Waals surface area contributed by atoms with E-state index in [1.54, 1.807) is 79.1 Å². The van der Waals surface area contributed by atoms with Crippen LogP contribution < -0.4 is 0 Å². The van der Waals surface area contributed by atoms with Gasteiger partial charge in [-0.25, -0.2) is 18.9 Å². The Bertz CT molecular complexity index is 1370. The summed E-state index contributed by atoms with van der Waals surface area (Å²) in [6, 6.07) is 7.98. The Morgan fingerprint density at radius 1 is 1.04 bits per heavy atom. The number of carboxylic acids is 1. The monoisotopic (exact) mass is 662 g/mol. The fourth-order valence-electron chi connectivity index (χ4n) is 5.35. The zero-order valence-corrected chi connectivity index (χ0v) is 28.6. The first-order chi connectivity index (χ1) is 21.5. The number of aliphatic carboxylic acids is 1. The van der Waals surface area contributed by atoms with Gasteiger partial charge in [-0.15, -0.1) is 0 Å². The maximum Gasteiger partial charge on any atom is 0.419 e. The number of unbranched alkanes of at least 4 members (excludes halogenated alkanes) is 1. The van der Waals surface area contributed by atoms with Gasteiger partial charge in [-0.05, 0) is 109 Å². The Morgan fingerprint density at radius 3 is 2.20 bits per heavy atom. The molecule has 0 saturated carbocycles. The van der Waals surface area contributed by atoms with Crippen molar-refractivity contribution in [3.63, 3.8) is 0 Å². The van der Waals surface area contributed by atoms with Crippen LogP contribution in [0.1, 0.15) is 73.3 Å². The number of nitrogens with zero attached hydrogens (tertiary/aromatic N) is 3. The minimum absolute atomic E-state index is 0.0319. The number of ether oxygens (including phenoxy) is 3. The highest BCUT2D eigenvalue weighted by Gasteiger charge is 2.56. The highest BCUT2D eigenvalue weighted by molar-refractivity contribution is 7.48. The molecule has 2 unspecified atom stereocenters. The van der Waals surface area contributed by atoms with Crippen molar-refractivity contribution >= 4 is 26.0 Å². The van der Waals surface area contributed by atoms with Gasteiger partial charge in [0.1, 0.15) is 23.2 Å². The summed E-state index contributed by atoms with van der Waals surface area (Å²) in [5.74, 6) is -1.66. The molecule has 2 amide bonds. The fourth-order valence-corrected chi connectivity index (χ4v) is 7.30. The quantitative estimate of drug-likeness (QED) is 0.197.